The Morgan fingerprint density at radius 3 is 2.61 bits per heavy atom. The number of hydrogen-bond donors (Lipinski definition) is 3. The molecule has 0 amide bonds. The van der Waals surface area contributed by atoms with E-state index in [1.54, 1.807) is 7.11 Å². The summed E-state index contributed by atoms with van der Waals surface area (Å²) in [6.07, 6.45) is 9.52. The van der Waals surface area contributed by atoms with Crippen LogP contribution in [0.1, 0.15) is 77.8 Å². The molecular weight excluding hydrogens is 474 g/mol. The van der Waals surface area contributed by atoms with Crippen molar-refractivity contribution >= 4 is 17.7 Å². The third-order valence-corrected chi connectivity index (χ3v) is 7.23. The Morgan fingerprint density at radius 1 is 1.11 bits per heavy atom. The number of nitrogens with zero attached hydrogens (tertiary/aromatic N) is 2. The average molecular weight is 524 g/mol. The molecule has 0 bridgehead atoms. The minimum atomic E-state index is -0.163. The smallest absolute Gasteiger partial charge is 0.152 e. The number of nitrogens with two attached hydrogens (primary N) is 2. The molecule has 0 fully saturated rings. The van der Waals surface area contributed by atoms with Crippen molar-refractivity contribution in [2.24, 2.45) is 21.9 Å². The van der Waals surface area contributed by atoms with Crippen LogP contribution in [0.3, 0.4) is 0 Å². The number of rotatable bonds is 14. The second kappa shape index (κ2) is 13.3. The number of aliphatic imine (C=N–C) groups is 1. The van der Waals surface area contributed by atoms with Crippen LogP contribution in [0.4, 0.5) is 0 Å². The van der Waals surface area contributed by atoms with Crippen molar-refractivity contribution < 1.29 is 9.47 Å². The fourth-order valence-electron chi connectivity index (χ4n) is 4.60. The maximum absolute atomic E-state index is 6.25. The van der Waals surface area contributed by atoms with Crippen molar-refractivity contribution in [3.8, 4) is 5.75 Å². The molecular formula is C31H49N5O2. The van der Waals surface area contributed by atoms with E-state index in [4.69, 9.17) is 25.9 Å². The lowest BCUT2D eigenvalue weighted by atomic mass is 9.84. The predicted molar refractivity (Wildman–Crippen MR) is 159 cm³/mol. The number of amidine groups is 1. The highest BCUT2D eigenvalue weighted by atomic mass is 16.5. The number of hydrogen-bond acceptors (Lipinski definition) is 6. The summed E-state index contributed by atoms with van der Waals surface area (Å²) in [5, 5.41) is 5.83. The van der Waals surface area contributed by atoms with E-state index in [9.17, 15) is 0 Å². The van der Waals surface area contributed by atoms with Crippen molar-refractivity contribution in [2.45, 2.75) is 78.7 Å². The minimum absolute atomic E-state index is 0.0295. The molecule has 0 atom stereocenters. The summed E-state index contributed by atoms with van der Waals surface area (Å²) in [4.78, 5) is 4.80. The summed E-state index contributed by atoms with van der Waals surface area (Å²) in [7, 11) is 1.74. The lowest BCUT2D eigenvalue weighted by Crippen LogP contribution is -2.37. The first-order valence-electron chi connectivity index (χ1n) is 14.0. The Balaban J connectivity index is 1.90. The molecule has 2 aromatic rings. The number of unbranched alkanes of at least 4 members (excludes halogenated alkanes) is 2. The lowest BCUT2D eigenvalue weighted by Gasteiger charge is -2.29. The van der Waals surface area contributed by atoms with Gasteiger partial charge in [-0.3, -0.25) is 0 Å². The van der Waals surface area contributed by atoms with Crippen molar-refractivity contribution in [3.05, 3.63) is 52.2 Å². The molecule has 0 saturated carbocycles. The van der Waals surface area contributed by atoms with E-state index in [-0.39, 0.29) is 10.8 Å². The molecule has 0 aliphatic carbocycles. The van der Waals surface area contributed by atoms with Crippen molar-refractivity contribution in [2.75, 3.05) is 33.4 Å². The van der Waals surface area contributed by atoms with E-state index in [0.29, 0.717) is 32.1 Å². The first-order chi connectivity index (χ1) is 18.1. The molecule has 0 radical (unpaired) electrons. The van der Waals surface area contributed by atoms with Crippen LogP contribution in [0.25, 0.3) is 11.9 Å². The molecule has 0 spiro atoms. The molecule has 3 rings (SSSR count). The van der Waals surface area contributed by atoms with E-state index in [1.807, 2.05) is 0 Å². The standard InChI is InChI=1S/C31H49N5O2/c1-7-8-9-16-34-29-28-23(11-10-12-27(33)35-29)15-17-36(28)19-24-13-14-25(18-26(24)37-6)31(4,5)22-38-21-30(2,3)20-32/h11,13-15,17-18,34H,7-10,12,16,19-22,32H2,1-6H3,(H2,33,35)/b23-11-,29-28+. The zero-order chi connectivity index (χ0) is 27.8. The number of nitrogens with one attached hydrogen (secondary N) is 1. The van der Waals surface area contributed by atoms with Gasteiger partial charge in [0.1, 0.15) is 11.6 Å². The number of ether oxygens (including phenoxy) is 2. The van der Waals surface area contributed by atoms with Gasteiger partial charge < -0.3 is 30.8 Å². The first-order valence-corrected chi connectivity index (χ1v) is 14.0. The highest BCUT2D eigenvalue weighted by molar-refractivity contribution is 5.84. The molecule has 2 heterocycles. The zero-order valence-electron chi connectivity index (χ0n) is 24.4. The van der Waals surface area contributed by atoms with Gasteiger partial charge in [0, 0.05) is 35.6 Å². The lowest BCUT2D eigenvalue weighted by molar-refractivity contribution is 0.0404. The van der Waals surface area contributed by atoms with Gasteiger partial charge in [0.2, 0.25) is 0 Å². The Kier molecular flexibility index (Phi) is 10.5. The van der Waals surface area contributed by atoms with Crippen LogP contribution < -0.4 is 32.1 Å². The molecule has 0 unspecified atom stereocenters. The highest BCUT2D eigenvalue weighted by Crippen LogP contribution is 2.30. The summed E-state index contributed by atoms with van der Waals surface area (Å²) in [5.74, 6) is 2.39. The van der Waals surface area contributed by atoms with Crippen LogP contribution in [0.15, 0.2) is 35.5 Å². The number of benzene rings is 1. The van der Waals surface area contributed by atoms with Gasteiger partial charge in [0.25, 0.3) is 0 Å². The summed E-state index contributed by atoms with van der Waals surface area (Å²) in [5.41, 5.74) is 14.2. The zero-order valence-corrected chi connectivity index (χ0v) is 24.4. The van der Waals surface area contributed by atoms with Gasteiger partial charge in [0.15, 0.2) is 5.82 Å². The van der Waals surface area contributed by atoms with Crippen LogP contribution >= 0.6 is 0 Å². The molecule has 1 aromatic heterocycles. The topological polar surface area (TPSA) is 99.8 Å². The summed E-state index contributed by atoms with van der Waals surface area (Å²) < 4.78 is 14.2. The summed E-state index contributed by atoms with van der Waals surface area (Å²) in [6, 6.07) is 8.68. The fourth-order valence-corrected chi connectivity index (χ4v) is 4.60. The van der Waals surface area contributed by atoms with Gasteiger partial charge in [-0.2, -0.15) is 0 Å². The number of methoxy groups -OCH3 is 1. The second-order valence-electron chi connectivity index (χ2n) is 11.8. The van der Waals surface area contributed by atoms with Gasteiger partial charge in [-0.15, -0.1) is 0 Å². The van der Waals surface area contributed by atoms with Crippen LogP contribution in [-0.2, 0) is 16.7 Å². The van der Waals surface area contributed by atoms with E-state index in [1.165, 1.54) is 23.6 Å². The minimum Gasteiger partial charge on any atom is -0.496 e. The van der Waals surface area contributed by atoms with Crippen LogP contribution in [0, 0.1) is 5.41 Å². The normalized spacial score (nSPS) is 18.0. The van der Waals surface area contributed by atoms with E-state index >= 15 is 0 Å². The summed E-state index contributed by atoms with van der Waals surface area (Å²) in [6.45, 7) is 14.3. The maximum atomic E-state index is 6.25. The number of aromatic nitrogens is 1. The molecule has 0 saturated heterocycles. The van der Waals surface area contributed by atoms with Gasteiger partial charge >= 0.3 is 0 Å². The Labute approximate surface area is 229 Å². The van der Waals surface area contributed by atoms with Gasteiger partial charge in [-0.1, -0.05) is 65.7 Å². The van der Waals surface area contributed by atoms with Gasteiger partial charge in [0.05, 0.1) is 32.2 Å². The SMILES string of the molecule is CCCCCNC1=c2/c(ccn2Cc2ccc(C(C)(C)COCC(C)(C)CN)cc2OC)=C\CC/C(N)=N\1. The van der Waals surface area contributed by atoms with Crippen LogP contribution in [-0.4, -0.2) is 43.8 Å². The Hall–Kier alpha value is -2.77. The number of fused-ring (bicyclic) bond motifs is 1. The second-order valence-corrected chi connectivity index (χ2v) is 11.8. The van der Waals surface area contributed by atoms with E-state index in [0.717, 1.165) is 48.3 Å². The molecule has 5 N–H and O–H groups in total. The molecule has 7 nitrogen and oxygen atoms in total. The van der Waals surface area contributed by atoms with Crippen LogP contribution in [0.5, 0.6) is 5.75 Å². The molecule has 7 heteroatoms. The largest absolute Gasteiger partial charge is 0.496 e. The molecule has 1 aliphatic heterocycles. The maximum Gasteiger partial charge on any atom is 0.152 e. The fraction of sp³-hybridized carbons (Fsp3) is 0.581. The molecule has 1 aliphatic rings. The molecule has 38 heavy (non-hydrogen) atoms. The average Bonchev–Trinajstić information content (AvgIpc) is 3.26. The van der Waals surface area contributed by atoms with Gasteiger partial charge in [-0.25, -0.2) is 4.99 Å². The van der Waals surface area contributed by atoms with E-state index < -0.39 is 0 Å². The van der Waals surface area contributed by atoms with Crippen molar-refractivity contribution in [3.63, 3.8) is 0 Å². The van der Waals surface area contributed by atoms with Crippen molar-refractivity contribution in [1.29, 1.82) is 0 Å². The van der Waals surface area contributed by atoms with Crippen molar-refractivity contribution in [1.82, 2.24) is 9.88 Å². The third-order valence-electron chi connectivity index (χ3n) is 7.23. The quantitative estimate of drug-likeness (QED) is 0.329. The molecule has 210 valence electrons. The van der Waals surface area contributed by atoms with E-state index in [2.05, 4.69) is 81.0 Å². The monoisotopic (exact) mass is 523 g/mol. The van der Waals surface area contributed by atoms with Gasteiger partial charge in [-0.05, 0) is 42.3 Å². The highest BCUT2D eigenvalue weighted by Gasteiger charge is 2.25. The molecule has 1 aromatic carbocycles. The Morgan fingerprint density at radius 2 is 1.89 bits per heavy atom. The van der Waals surface area contributed by atoms with Crippen LogP contribution in [0.2, 0.25) is 0 Å². The summed E-state index contributed by atoms with van der Waals surface area (Å²) >= 11 is 0. The Bertz CT molecular complexity index is 1210. The predicted octanol–water partition coefficient (Wildman–Crippen LogP) is 3.60. The third kappa shape index (κ3) is 7.87. The first kappa shape index (κ1) is 29.8.